The van der Waals surface area contributed by atoms with E-state index in [1.165, 1.54) is 25.7 Å². The molecule has 0 aliphatic carbocycles. The van der Waals surface area contributed by atoms with Crippen LogP contribution in [0.4, 0.5) is 0 Å². The normalized spacial score (nSPS) is 11.8. The molecule has 0 aliphatic rings. The summed E-state index contributed by atoms with van der Waals surface area (Å²) < 4.78 is 11.1. The lowest BCUT2D eigenvalue weighted by Crippen LogP contribution is -2.07. The second-order valence-corrected chi connectivity index (χ2v) is 7.69. The van der Waals surface area contributed by atoms with Crippen LogP contribution >= 0.6 is 0 Å². The molecular formula is C25H35NO3. The van der Waals surface area contributed by atoms with Crippen LogP contribution in [0.1, 0.15) is 72.1 Å². The monoisotopic (exact) mass is 397 g/mol. The number of nitrogens with zero attached hydrogens (tertiary/aromatic N) is 1. The van der Waals surface area contributed by atoms with Crippen LogP contribution in [0.2, 0.25) is 0 Å². The molecule has 4 heteroatoms. The number of hydrogen-bond donors (Lipinski definition) is 0. The van der Waals surface area contributed by atoms with Crippen LogP contribution in [0.3, 0.4) is 0 Å². The van der Waals surface area contributed by atoms with Gasteiger partial charge in [0.15, 0.2) is 0 Å². The van der Waals surface area contributed by atoms with Crippen LogP contribution in [-0.4, -0.2) is 17.6 Å². The predicted molar refractivity (Wildman–Crippen MR) is 118 cm³/mol. The van der Waals surface area contributed by atoms with Crippen molar-refractivity contribution in [3.8, 4) is 22.8 Å². The molecule has 0 spiro atoms. The Morgan fingerprint density at radius 3 is 2.38 bits per heavy atom. The summed E-state index contributed by atoms with van der Waals surface area (Å²) in [6.07, 6.45) is 9.99. The van der Waals surface area contributed by atoms with Crippen molar-refractivity contribution in [2.24, 2.45) is 5.92 Å². The fraction of sp³-hybridized carbons (Fsp3) is 0.520. The summed E-state index contributed by atoms with van der Waals surface area (Å²) in [7, 11) is 0. The van der Waals surface area contributed by atoms with Crippen LogP contribution in [0.25, 0.3) is 11.3 Å². The number of esters is 1. The first-order chi connectivity index (χ1) is 14.1. The Morgan fingerprint density at radius 2 is 1.72 bits per heavy atom. The van der Waals surface area contributed by atoms with Crippen molar-refractivity contribution in [1.29, 1.82) is 0 Å². The molecule has 1 atom stereocenters. The van der Waals surface area contributed by atoms with E-state index in [2.05, 4.69) is 25.8 Å². The van der Waals surface area contributed by atoms with Crippen LogP contribution in [-0.2, 0) is 4.79 Å². The molecule has 29 heavy (non-hydrogen) atoms. The Morgan fingerprint density at radius 1 is 0.966 bits per heavy atom. The van der Waals surface area contributed by atoms with E-state index in [0.29, 0.717) is 12.2 Å². The fourth-order valence-corrected chi connectivity index (χ4v) is 3.02. The van der Waals surface area contributed by atoms with Crippen molar-refractivity contribution in [3.63, 3.8) is 0 Å². The highest BCUT2D eigenvalue weighted by Gasteiger charge is 2.07. The van der Waals surface area contributed by atoms with Crippen LogP contribution < -0.4 is 9.47 Å². The van der Waals surface area contributed by atoms with E-state index < -0.39 is 0 Å². The zero-order chi connectivity index (χ0) is 20.9. The van der Waals surface area contributed by atoms with E-state index in [4.69, 9.17) is 9.47 Å². The molecule has 0 bridgehead atoms. The molecule has 0 amide bonds. The van der Waals surface area contributed by atoms with Crippen molar-refractivity contribution in [2.75, 3.05) is 6.61 Å². The molecule has 2 rings (SSSR count). The van der Waals surface area contributed by atoms with Gasteiger partial charge in [0, 0.05) is 12.0 Å². The summed E-state index contributed by atoms with van der Waals surface area (Å²) in [6.45, 7) is 7.36. The van der Waals surface area contributed by atoms with E-state index in [9.17, 15) is 4.79 Å². The van der Waals surface area contributed by atoms with Crippen molar-refractivity contribution in [2.45, 2.75) is 72.1 Å². The summed E-state index contributed by atoms with van der Waals surface area (Å²) in [4.78, 5) is 16.5. The summed E-state index contributed by atoms with van der Waals surface area (Å²) >= 11 is 0. The molecule has 0 saturated heterocycles. The van der Waals surface area contributed by atoms with E-state index >= 15 is 0 Å². The lowest BCUT2D eigenvalue weighted by Gasteiger charge is -2.08. The Labute approximate surface area is 175 Å². The van der Waals surface area contributed by atoms with Gasteiger partial charge in [0.25, 0.3) is 0 Å². The van der Waals surface area contributed by atoms with E-state index in [-0.39, 0.29) is 5.97 Å². The van der Waals surface area contributed by atoms with Crippen molar-refractivity contribution in [1.82, 2.24) is 4.98 Å². The molecule has 4 nitrogen and oxygen atoms in total. The molecule has 1 heterocycles. The van der Waals surface area contributed by atoms with Crippen LogP contribution in [0, 0.1) is 5.92 Å². The predicted octanol–water partition coefficient (Wildman–Crippen LogP) is 6.83. The third-order valence-electron chi connectivity index (χ3n) is 5.16. The van der Waals surface area contributed by atoms with Gasteiger partial charge in [-0.25, -0.2) is 0 Å². The first-order valence-corrected chi connectivity index (χ1v) is 11.0. The molecule has 1 aromatic heterocycles. The fourth-order valence-electron chi connectivity index (χ4n) is 3.02. The Balaban J connectivity index is 1.78. The number of rotatable bonds is 13. The largest absolute Gasteiger partial charge is 0.492 e. The summed E-state index contributed by atoms with van der Waals surface area (Å²) in [6, 6.07) is 11.4. The molecule has 0 saturated carbocycles. The van der Waals surface area contributed by atoms with Gasteiger partial charge in [0.2, 0.25) is 0 Å². The maximum absolute atomic E-state index is 12.0. The SMILES string of the molecule is CCCCCOc1ccc(-c2ccc(OC(=O)CCCCC(C)CC)cc2)nc1. The average Bonchev–Trinajstić information content (AvgIpc) is 2.75. The number of aromatic nitrogens is 1. The minimum atomic E-state index is -0.162. The Bertz CT molecular complexity index is 710. The molecule has 2 aromatic rings. The highest BCUT2D eigenvalue weighted by Crippen LogP contribution is 2.23. The van der Waals surface area contributed by atoms with Crippen molar-refractivity contribution < 1.29 is 14.3 Å². The van der Waals surface area contributed by atoms with Gasteiger partial charge in [0.05, 0.1) is 18.5 Å². The number of ether oxygens (including phenoxy) is 2. The first kappa shape index (κ1) is 22.9. The topological polar surface area (TPSA) is 48.4 Å². The van der Waals surface area contributed by atoms with E-state index in [1.54, 1.807) is 6.20 Å². The minimum absolute atomic E-state index is 0.162. The molecule has 0 radical (unpaired) electrons. The number of unbranched alkanes of at least 4 members (excludes halogenated alkanes) is 3. The lowest BCUT2D eigenvalue weighted by molar-refractivity contribution is -0.134. The molecule has 1 unspecified atom stereocenters. The Kier molecular flexibility index (Phi) is 10.3. The average molecular weight is 398 g/mol. The van der Waals surface area contributed by atoms with Crippen molar-refractivity contribution in [3.05, 3.63) is 42.6 Å². The highest BCUT2D eigenvalue weighted by atomic mass is 16.5. The molecule has 0 aliphatic heterocycles. The van der Waals surface area contributed by atoms with Gasteiger partial charge in [-0.05, 0) is 55.2 Å². The summed E-state index contributed by atoms with van der Waals surface area (Å²) in [5.41, 5.74) is 1.85. The minimum Gasteiger partial charge on any atom is -0.492 e. The second kappa shape index (κ2) is 13.0. The summed E-state index contributed by atoms with van der Waals surface area (Å²) in [5, 5.41) is 0. The van der Waals surface area contributed by atoms with Gasteiger partial charge in [-0.1, -0.05) is 52.9 Å². The molecule has 1 aromatic carbocycles. The van der Waals surface area contributed by atoms with Gasteiger partial charge in [-0.3, -0.25) is 9.78 Å². The second-order valence-electron chi connectivity index (χ2n) is 7.69. The Hall–Kier alpha value is -2.36. The number of benzene rings is 1. The number of pyridine rings is 1. The van der Waals surface area contributed by atoms with Crippen molar-refractivity contribution >= 4 is 5.97 Å². The van der Waals surface area contributed by atoms with E-state index in [0.717, 1.165) is 48.8 Å². The van der Waals surface area contributed by atoms with Gasteiger partial charge in [-0.2, -0.15) is 0 Å². The third-order valence-corrected chi connectivity index (χ3v) is 5.16. The maximum atomic E-state index is 12.0. The zero-order valence-electron chi connectivity index (χ0n) is 18.2. The third kappa shape index (κ3) is 8.68. The van der Waals surface area contributed by atoms with Crippen LogP contribution in [0.15, 0.2) is 42.6 Å². The van der Waals surface area contributed by atoms with E-state index in [1.807, 2.05) is 36.4 Å². The van der Waals surface area contributed by atoms with Gasteiger partial charge < -0.3 is 9.47 Å². The standard InChI is InChI=1S/C25H35NO3/c1-4-6-9-18-28-23-16-17-24(26-19-23)21-12-14-22(15-13-21)29-25(27)11-8-7-10-20(3)5-2/h12-17,19-20H,4-11,18H2,1-3H3. The molecule has 0 fully saturated rings. The number of carbonyl (C=O) groups excluding carboxylic acids is 1. The maximum Gasteiger partial charge on any atom is 0.311 e. The van der Waals surface area contributed by atoms with Gasteiger partial charge in [-0.15, -0.1) is 0 Å². The molecule has 158 valence electrons. The lowest BCUT2D eigenvalue weighted by atomic mass is 10.0. The highest BCUT2D eigenvalue weighted by molar-refractivity contribution is 5.72. The first-order valence-electron chi connectivity index (χ1n) is 11.0. The smallest absolute Gasteiger partial charge is 0.311 e. The van der Waals surface area contributed by atoms with Gasteiger partial charge in [0.1, 0.15) is 11.5 Å². The van der Waals surface area contributed by atoms with Crippen LogP contribution in [0.5, 0.6) is 11.5 Å². The number of carbonyl (C=O) groups is 1. The quantitative estimate of drug-likeness (QED) is 0.211. The zero-order valence-corrected chi connectivity index (χ0v) is 18.2. The summed E-state index contributed by atoms with van der Waals surface area (Å²) in [5.74, 6) is 1.94. The molecule has 0 N–H and O–H groups in total. The number of hydrogen-bond acceptors (Lipinski definition) is 4. The molecular weight excluding hydrogens is 362 g/mol. The van der Waals surface area contributed by atoms with Gasteiger partial charge >= 0.3 is 5.97 Å².